The van der Waals surface area contributed by atoms with Gasteiger partial charge in [0.25, 0.3) is 11.8 Å². The molecule has 74 valence electrons. The van der Waals surface area contributed by atoms with Crippen molar-refractivity contribution >= 4 is 17.8 Å². The van der Waals surface area contributed by atoms with E-state index in [9.17, 15) is 14.4 Å². The van der Waals surface area contributed by atoms with E-state index in [-0.39, 0.29) is 16.7 Å². The van der Waals surface area contributed by atoms with Crippen molar-refractivity contribution in [2.45, 2.75) is 0 Å². The second-order valence-corrected chi connectivity index (χ2v) is 2.88. The molecular formula is C9H4N2O4. The van der Waals surface area contributed by atoms with E-state index >= 15 is 0 Å². The molecule has 0 aromatic heterocycles. The molecule has 2 rings (SSSR count). The van der Waals surface area contributed by atoms with Crippen LogP contribution in [0.25, 0.3) is 0 Å². The lowest BCUT2D eigenvalue weighted by molar-refractivity contribution is 0.0696. The van der Waals surface area contributed by atoms with Crippen molar-refractivity contribution in [3.05, 3.63) is 34.9 Å². The van der Waals surface area contributed by atoms with E-state index in [0.29, 0.717) is 0 Å². The fraction of sp³-hybridized carbons (Fsp3) is 0. The minimum Gasteiger partial charge on any atom is -0.478 e. The Hall–Kier alpha value is -2.37. The number of amides is 2. The zero-order valence-electron chi connectivity index (χ0n) is 7.30. The molecule has 15 heavy (non-hydrogen) atoms. The Morgan fingerprint density at radius 3 is 2.27 bits per heavy atom. The van der Waals surface area contributed by atoms with E-state index in [1.807, 2.05) is 0 Å². The number of aromatic carboxylic acids is 1. The van der Waals surface area contributed by atoms with E-state index < -0.39 is 17.8 Å². The van der Waals surface area contributed by atoms with E-state index in [2.05, 4.69) is 10.2 Å². The topological polar surface area (TPSA) is 96.2 Å². The minimum absolute atomic E-state index is 0.0186. The standard InChI is InChI=1S/C9H4N2O4/c12-7-5-2-1-4(9(14)15)3-6(5)8(13)11-10-7/h1-3H,(H,14,15). The lowest BCUT2D eigenvalue weighted by atomic mass is 10.0. The van der Waals surface area contributed by atoms with Crippen LogP contribution >= 0.6 is 0 Å². The molecule has 1 aliphatic heterocycles. The van der Waals surface area contributed by atoms with Crippen LogP contribution in [-0.2, 0) is 0 Å². The number of nitrogens with zero attached hydrogens (tertiary/aromatic N) is 2. The smallest absolute Gasteiger partial charge is 0.335 e. The van der Waals surface area contributed by atoms with Crippen LogP contribution in [0.15, 0.2) is 28.4 Å². The Morgan fingerprint density at radius 1 is 1.07 bits per heavy atom. The lowest BCUT2D eigenvalue weighted by Crippen LogP contribution is -2.12. The van der Waals surface area contributed by atoms with Crippen molar-refractivity contribution in [2.24, 2.45) is 10.2 Å². The fourth-order valence-electron chi connectivity index (χ4n) is 1.24. The van der Waals surface area contributed by atoms with Crippen molar-refractivity contribution in [1.82, 2.24) is 0 Å². The number of rotatable bonds is 1. The first-order chi connectivity index (χ1) is 7.09. The quantitative estimate of drug-likeness (QED) is 0.741. The molecule has 6 nitrogen and oxygen atoms in total. The predicted molar refractivity (Wildman–Crippen MR) is 46.9 cm³/mol. The summed E-state index contributed by atoms with van der Waals surface area (Å²) < 4.78 is 0. The Bertz CT molecular complexity index is 519. The summed E-state index contributed by atoms with van der Waals surface area (Å²) in [4.78, 5) is 33.0. The van der Waals surface area contributed by atoms with Gasteiger partial charge in [0.1, 0.15) is 0 Å². The third-order valence-electron chi connectivity index (χ3n) is 1.96. The molecule has 0 unspecified atom stereocenters. The van der Waals surface area contributed by atoms with Gasteiger partial charge in [0.05, 0.1) is 16.7 Å². The molecule has 0 saturated heterocycles. The van der Waals surface area contributed by atoms with Gasteiger partial charge in [-0.25, -0.2) is 4.79 Å². The highest BCUT2D eigenvalue weighted by Crippen LogP contribution is 2.18. The molecule has 0 atom stereocenters. The number of hydrogen-bond donors (Lipinski definition) is 1. The van der Waals surface area contributed by atoms with Crippen molar-refractivity contribution in [3.63, 3.8) is 0 Å². The van der Waals surface area contributed by atoms with Crippen LogP contribution in [0.3, 0.4) is 0 Å². The Kier molecular flexibility index (Phi) is 1.89. The molecule has 1 aromatic carbocycles. The molecule has 2 amide bonds. The number of carbonyl (C=O) groups is 3. The summed E-state index contributed by atoms with van der Waals surface area (Å²) in [5.41, 5.74) is 0.00176. The summed E-state index contributed by atoms with van der Waals surface area (Å²) in [7, 11) is 0. The molecule has 0 saturated carbocycles. The molecule has 1 aliphatic rings. The zero-order chi connectivity index (χ0) is 11.0. The average Bonchev–Trinajstić information content (AvgIpc) is 2.23. The third kappa shape index (κ3) is 1.41. The molecule has 0 fully saturated rings. The van der Waals surface area contributed by atoms with Crippen LogP contribution in [0.1, 0.15) is 31.1 Å². The number of carboxylic acids is 1. The summed E-state index contributed by atoms with van der Waals surface area (Å²) in [6.45, 7) is 0. The van der Waals surface area contributed by atoms with Crippen LogP contribution in [0.4, 0.5) is 0 Å². The highest BCUT2D eigenvalue weighted by molar-refractivity contribution is 6.11. The van der Waals surface area contributed by atoms with Gasteiger partial charge in [0.2, 0.25) is 0 Å². The summed E-state index contributed by atoms with van der Waals surface area (Å²) in [5, 5.41) is 14.9. The van der Waals surface area contributed by atoms with E-state index in [1.54, 1.807) is 0 Å². The molecule has 0 radical (unpaired) electrons. The maximum atomic E-state index is 11.2. The van der Waals surface area contributed by atoms with Gasteiger partial charge in [-0.3, -0.25) is 9.59 Å². The molecule has 1 aromatic rings. The molecule has 0 bridgehead atoms. The fourth-order valence-corrected chi connectivity index (χ4v) is 1.24. The van der Waals surface area contributed by atoms with Crippen molar-refractivity contribution in [3.8, 4) is 0 Å². The minimum atomic E-state index is -1.17. The number of benzene rings is 1. The van der Waals surface area contributed by atoms with Crippen LogP contribution in [0.5, 0.6) is 0 Å². The van der Waals surface area contributed by atoms with Crippen LogP contribution < -0.4 is 0 Å². The molecule has 1 N–H and O–H groups in total. The third-order valence-corrected chi connectivity index (χ3v) is 1.96. The van der Waals surface area contributed by atoms with Gasteiger partial charge in [0, 0.05) is 0 Å². The average molecular weight is 204 g/mol. The molecular weight excluding hydrogens is 200 g/mol. The van der Waals surface area contributed by atoms with Gasteiger partial charge in [-0.2, -0.15) is 0 Å². The highest BCUT2D eigenvalue weighted by atomic mass is 16.4. The summed E-state index contributed by atoms with van der Waals surface area (Å²) in [6.07, 6.45) is 0. The van der Waals surface area contributed by atoms with E-state index in [0.717, 1.165) is 6.07 Å². The van der Waals surface area contributed by atoms with Crippen LogP contribution in [-0.4, -0.2) is 22.9 Å². The van der Waals surface area contributed by atoms with E-state index in [4.69, 9.17) is 5.11 Å². The van der Waals surface area contributed by atoms with Crippen molar-refractivity contribution < 1.29 is 19.5 Å². The first kappa shape index (κ1) is 9.20. The zero-order valence-corrected chi connectivity index (χ0v) is 7.30. The molecule has 1 heterocycles. The summed E-state index contributed by atoms with van der Waals surface area (Å²) >= 11 is 0. The number of carbonyl (C=O) groups excluding carboxylic acids is 2. The van der Waals surface area contributed by atoms with Gasteiger partial charge in [-0.05, 0) is 18.2 Å². The number of fused-ring (bicyclic) bond motifs is 1. The molecule has 6 heteroatoms. The summed E-state index contributed by atoms with van der Waals surface area (Å²) in [5.74, 6) is -2.50. The van der Waals surface area contributed by atoms with Crippen molar-refractivity contribution in [2.75, 3.05) is 0 Å². The van der Waals surface area contributed by atoms with Gasteiger partial charge in [0.15, 0.2) is 0 Å². The predicted octanol–water partition coefficient (Wildman–Crippen LogP) is 1.13. The second kappa shape index (κ2) is 3.09. The Morgan fingerprint density at radius 2 is 1.67 bits per heavy atom. The second-order valence-electron chi connectivity index (χ2n) is 2.88. The normalized spacial score (nSPS) is 13.9. The number of azo groups is 1. The Labute approximate surface area is 83.2 Å². The number of carboxylic acid groups (broad SMARTS) is 1. The molecule has 0 aliphatic carbocycles. The van der Waals surface area contributed by atoms with Gasteiger partial charge in [-0.1, -0.05) is 0 Å². The first-order valence-corrected chi connectivity index (χ1v) is 3.97. The summed E-state index contributed by atoms with van der Waals surface area (Å²) in [6, 6.07) is 3.63. The van der Waals surface area contributed by atoms with Crippen LogP contribution in [0, 0.1) is 0 Å². The van der Waals surface area contributed by atoms with E-state index in [1.165, 1.54) is 12.1 Å². The highest BCUT2D eigenvalue weighted by Gasteiger charge is 2.23. The van der Waals surface area contributed by atoms with Crippen LogP contribution in [0.2, 0.25) is 0 Å². The SMILES string of the molecule is O=C(O)c1ccc2c(c1)C(=O)N=NC2=O. The largest absolute Gasteiger partial charge is 0.478 e. The first-order valence-electron chi connectivity index (χ1n) is 3.97. The van der Waals surface area contributed by atoms with Crippen molar-refractivity contribution in [1.29, 1.82) is 0 Å². The lowest BCUT2D eigenvalue weighted by Gasteiger charge is -2.06. The number of hydrogen-bond acceptors (Lipinski definition) is 3. The van der Waals surface area contributed by atoms with Gasteiger partial charge < -0.3 is 5.11 Å². The molecule has 0 spiro atoms. The van der Waals surface area contributed by atoms with Gasteiger partial charge >= 0.3 is 5.97 Å². The maximum absolute atomic E-state index is 11.2. The van der Waals surface area contributed by atoms with Gasteiger partial charge in [-0.15, -0.1) is 10.2 Å². The maximum Gasteiger partial charge on any atom is 0.335 e. The Balaban J connectivity index is 2.63. The monoisotopic (exact) mass is 204 g/mol.